The molecule has 3 aromatic carbocycles. The number of anilines is 1. The van der Waals surface area contributed by atoms with E-state index in [1.54, 1.807) is 55.6 Å². The topological polar surface area (TPSA) is 123 Å². The molecule has 9 nitrogen and oxygen atoms in total. The van der Waals surface area contributed by atoms with Crippen LogP contribution in [0.5, 0.6) is 5.75 Å². The van der Waals surface area contributed by atoms with Crippen LogP contribution in [0, 0.1) is 10.1 Å². The molecule has 0 aliphatic carbocycles. The van der Waals surface area contributed by atoms with E-state index in [2.05, 4.69) is 4.98 Å². The van der Waals surface area contributed by atoms with E-state index >= 15 is 0 Å². The van der Waals surface area contributed by atoms with Gasteiger partial charge >= 0.3 is 5.91 Å². The van der Waals surface area contributed by atoms with Crippen molar-refractivity contribution < 1.29 is 24.4 Å². The van der Waals surface area contributed by atoms with Crippen LogP contribution in [0.1, 0.15) is 17.2 Å². The van der Waals surface area contributed by atoms with E-state index in [9.17, 15) is 24.8 Å². The molecule has 1 atom stereocenters. The van der Waals surface area contributed by atoms with E-state index in [-0.39, 0.29) is 22.2 Å². The predicted molar refractivity (Wildman–Crippen MR) is 130 cm³/mol. The average molecular weight is 487 g/mol. The average Bonchev–Trinajstić information content (AvgIpc) is 3.41. The van der Waals surface area contributed by atoms with Gasteiger partial charge < -0.3 is 9.84 Å². The molecule has 1 unspecified atom stereocenters. The van der Waals surface area contributed by atoms with Gasteiger partial charge in [-0.05, 0) is 35.9 Å². The van der Waals surface area contributed by atoms with Crippen molar-refractivity contribution in [2.24, 2.45) is 0 Å². The number of aliphatic hydroxyl groups excluding tert-OH is 1. The van der Waals surface area contributed by atoms with Crippen molar-refractivity contribution >= 4 is 49.8 Å². The second-order valence-corrected chi connectivity index (χ2v) is 8.72. The lowest BCUT2D eigenvalue weighted by Gasteiger charge is -2.22. The number of carbonyl (C=O) groups excluding carboxylic acids is 2. The highest BCUT2D eigenvalue weighted by atomic mass is 32.1. The monoisotopic (exact) mass is 487 g/mol. The Balaban J connectivity index is 1.71. The number of benzene rings is 3. The summed E-state index contributed by atoms with van der Waals surface area (Å²) in [5.41, 5.74) is 1.14. The first-order chi connectivity index (χ1) is 16.9. The van der Waals surface area contributed by atoms with Crippen molar-refractivity contribution in [2.75, 3.05) is 12.0 Å². The van der Waals surface area contributed by atoms with Crippen molar-refractivity contribution in [1.82, 2.24) is 4.98 Å². The van der Waals surface area contributed by atoms with Gasteiger partial charge in [-0.3, -0.25) is 24.6 Å². The van der Waals surface area contributed by atoms with Crippen molar-refractivity contribution in [2.45, 2.75) is 6.04 Å². The lowest BCUT2D eigenvalue weighted by molar-refractivity contribution is -0.384. The molecule has 2 heterocycles. The Bertz CT molecular complexity index is 1510. The van der Waals surface area contributed by atoms with Crippen LogP contribution in [0.4, 0.5) is 10.8 Å². The molecule has 0 bridgehead atoms. The number of ether oxygens (including phenoxy) is 1. The number of hydrogen-bond donors (Lipinski definition) is 1. The fraction of sp³-hybridized carbons (Fsp3) is 0.0800. The Morgan fingerprint density at radius 3 is 2.46 bits per heavy atom. The van der Waals surface area contributed by atoms with E-state index < -0.39 is 22.7 Å². The van der Waals surface area contributed by atoms with Crippen LogP contribution in [-0.4, -0.2) is 33.8 Å². The molecule has 1 amide bonds. The summed E-state index contributed by atoms with van der Waals surface area (Å²) in [6.45, 7) is 0. The molecule has 0 spiro atoms. The molecule has 35 heavy (non-hydrogen) atoms. The molecular weight excluding hydrogens is 470 g/mol. The Kier molecular flexibility index (Phi) is 5.50. The maximum atomic E-state index is 13.3. The predicted octanol–water partition coefficient (Wildman–Crippen LogP) is 4.84. The highest BCUT2D eigenvalue weighted by Crippen LogP contribution is 2.44. The number of fused-ring (bicyclic) bond motifs is 1. The third kappa shape index (κ3) is 3.79. The van der Waals surface area contributed by atoms with Crippen LogP contribution in [0.2, 0.25) is 0 Å². The molecule has 174 valence electrons. The molecule has 5 rings (SSSR count). The lowest BCUT2D eigenvalue weighted by atomic mass is 9.95. The van der Waals surface area contributed by atoms with Crippen molar-refractivity contribution in [3.8, 4) is 5.75 Å². The van der Waals surface area contributed by atoms with Crippen molar-refractivity contribution in [1.29, 1.82) is 0 Å². The second-order valence-electron chi connectivity index (χ2n) is 7.71. The number of non-ortho nitro benzene ring substituents is 1. The molecule has 1 N–H and O–H groups in total. The molecule has 0 radical (unpaired) electrons. The largest absolute Gasteiger partial charge is 0.507 e. The minimum Gasteiger partial charge on any atom is -0.507 e. The van der Waals surface area contributed by atoms with Gasteiger partial charge in [-0.1, -0.05) is 41.7 Å². The zero-order chi connectivity index (χ0) is 24.7. The van der Waals surface area contributed by atoms with Crippen molar-refractivity contribution in [3.63, 3.8) is 0 Å². The summed E-state index contributed by atoms with van der Waals surface area (Å²) in [6, 6.07) is 18.2. The van der Waals surface area contributed by atoms with Gasteiger partial charge in [0.2, 0.25) is 0 Å². The van der Waals surface area contributed by atoms with Crippen molar-refractivity contribution in [3.05, 3.63) is 99.6 Å². The summed E-state index contributed by atoms with van der Waals surface area (Å²) >= 11 is 1.20. The Morgan fingerprint density at radius 2 is 1.80 bits per heavy atom. The van der Waals surface area contributed by atoms with E-state index in [0.717, 1.165) is 4.70 Å². The van der Waals surface area contributed by atoms with Crippen LogP contribution in [0.15, 0.2) is 78.4 Å². The molecular formula is C25H17N3O6S. The Morgan fingerprint density at radius 1 is 1.09 bits per heavy atom. The number of nitro benzene ring substituents is 1. The maximum Gasteiger partial charge on any atom is 0.301 e. The molecule has 10 heteroatoms. The Hall–Kier alpha value is -4.57. The number of aliphatic hydroxyl groups is 1. The summed E-state index contributed by atoms with van der Waals surface area (Å²) < 4.78 is 6.00. The minimum atomic E-state index is -1.03. The molecule has 1 fully saturated rings. The first kappa shape index (κ1) is 22.2. The van der Waals surface area contributed by atoms with Gasteiger partial charge in [-0.25, -0.2) is 4.98 Å². The second kappa shape index (κ2) is 8.65. The Labute approximate surface area is 202 Å². The number of hydrogen-bond acceptors (Lipinski definition) is 8. The zero-order valence-corrected chi connectivity index (χ0v) is 19.1. The lowest BCUT2D eigenvalue weighted by Crippen LogP contribution is -2.29. The van der Waals surface area contributed by atoms with E-state index in [4.69, 9.17) is 4.74 Å². The van der Waals surface area contributed by atoms with Crippen LogP contribution >= 0.6 is 11.3 Å². The fourth-order valence-electron chi connectivity index (χ4n) is 4.00. The number of methoxy groups -OCH3 is 1. The molecule has 4 aromatic rings. The van der Waals surface area contributed by atoms with Gasteiger partial charge in [0.25, 0.3) is 11.5 Å². The van der Waals surface area contributed by atoms with Gasteiger partial charge in [0.1, 0.15) is 11.5 Å². The number of ketones is 1. The third-order valence-electron chi connectivity index (χ3n) is 5.70. The third-order valence-corrected chi connectivity index (χ3v) is 6.72. The molecule has 1 aromatic heterocycles. The van der Waals surface area contributed by atoms with Gasteiger partial charge in [-0.2, -0.15) is 0 Å². The number of Topliss-reactive ketones (excluding diaryl/α,β-unsaturated/α-hetero) is 1. The van der Waals surface area contributed by atoms with Crippen LogP contribution in [0.3, 0.4) is 0 Å². The summed E-state index contributed by atoms with van der Waals surface area (Å²) in [4.78, 5) is 42.9. The van der Waals surface area contributed by atoms with E-state index in [1.165, 1.54) is 40.5 Å². The summed E-state index contributed by atoms with van der Waals surface area (Å²) in [6.07, 6.45) is 0. The highest BCUT2D eigenvalue weighted by molar-refractivity contribution is 7.22. The minimum absolute atomic E-state index is 0.119. The van der Waals surface area contributed by atoms with Crippen LogP contribution in [-0.2, 0) is 9.59 Å². The molecule has 1 aliphatic rings. The number of aromatic nitrogens is 1. The molecule has 0 saturated carbocycles. The van der Waals surface area contributed by atoms with Gasteiger partial charge in [0.05, 0.1) is 33.9 Å². The van der Waals surface area contributed by atoms with Gasteiger partial charge in [0.15, 0.2) is 5.13 Å². The SMILES string of the molecule is COc1ccc2nc(N3C(=O)C(=O)C(=C(O)c4ccccc4)C3c3ccc([N+](=O)[O-])cc3)sc2c1. The number of rotatable bonds is 5. The fourth-order valence-corrected chi connectivity index (χ4v) is 5.02. The zero-order valence-electron chi connectivity index (χ0n) is 18.2. The normalized spacial score (nSPS) is 17.2. The van der Waals surface area contributed by atoms with E-state index in [1.807, 2.05) is 0 Å². The quantitative estimate of drug-likeness (QED) is 0.140. The standard InChI is InChI=1S/C25H17N3O6S/c1-34-17-11-12-18-19(13-17)35-25(26-18)27-21(14-7-9-16(10-8-14)28(32)33)20(23(30)24(27)31)22(29)15-5-3-2-4-6-15/h2-13,21,29H,1H3. The number of amides is 1. The number of nitrogens with zero attached hydrogens (tertiary/aromatic N) is 3. The van der Waals surface area contributed by atoms with Gasteiger partial charge in [-0.15, -0.1) is 0 Å². The van der Waals surface area contributed by atoms with Crippen LogP contribution in [0.25, 0.3) is 16.0 Å². The number of nitro groups is 1. The first-order valence-corrected chi connectivity index (χ1v) is 11.3. The molecule has 1 saturated heterocycles. The maximum absolute atomic E-state index is 13.3. The summed E-state index contributed by atoms with van der Waals surface area (Å²) in [7, 11) is 1.54. The van der Waals surface area contributed by atoms with Crippen LogP contribution < -0.4 is 9.64 Å². The van der Waals surface area contributed by atoms with Gasteiger partial charge in [0, 0.05) is 17.7 Å². The number of thiazole rings is 1. The summed E-state index contributed by atoms with van der Waals surface area (Å²) in [5, 5.41) is 22.5. The summed E-state index contributed by atoms with van der Waals surface area (Å²) in [5.74, 6) is -1.44. The smallest absolute Gasteiger partial charge is 0.301 e. The molecule has 1 aliphatic heterocycles. The first-order valence-electron chi connectivity index (χ1n) is 10.4. The van der Waals surface area contributed by atoms with E-state index in [0.29, 0.717) is 22.4 Å². The highest BCUT2D eigenvalue weighted by Gasteiger charge is 2.48. The number of carbonyl (C=O) groups is 2.